The van der Waals surface area contributed by atoms with Gasteiger partial charge < -0.3 is 9.32 Å². The van der Waals surface area contributed by atoms with Gasteiger partial charge in [0.05, 0.1) is 11.1 Å². The minimum atomic E-state index is -0.337. The zero-order chi connectivity index (χ0) is 23.8. The Bertz CT molecular complexity index is 1300. The first-order chi connectivity index (χ1) is 15.7. The third-order valence-corrected chi connectivity index (χ3v) is 7.54. The lowest BCUT2D eigenvalue weighted by molar-refractivity contribution is 0.537. The summed E-state index contributed by atoms with van der Waals surface area (Å²) < 4.78 is 5.85. The fourth-order valence-electron chi connectivity index (χ4n) is 4.69. The Kier molecular flexibility index (Phi) is 6.58. The molecule has 1 aromatic heterocycles. The Morgan fingerprint density at radius 2 is 1.91 bits per heavy atom. The van der Waals surface area contributed by atoms with Crippen molar-refractivity contribution in [2.24, 2.45) is 0 Å². The van der Waals surface area contributed by atoms with Crippen LogP contribution in [0.3, 0.4) is 0 Å². The molecule has 0 unspecified atom stereocenters. The van der Waals surface area contributed by atoms with Crippen molar-refractivity contribution in [1.82, 2.24) is 0 Å². The molecule has 3 nitrogen and oxygen atoms in total. The molecule has 0 saturated heterocycles. The van der Waals surface area contributed by atoms with Gasteiger partial charge in [0.25, 0.3) is 0 Å². The largest absolute Gasteiger partial charge is 0.422 e. The van der Waals surface area contributed by atoms with Gasteiger partial charge in [0.1, 0.15) is 5.58 Å². The average Bonchev–Trinajstić information content (AvgIpc) is 2.77. The molecule has 0 atom stereocenters. The molecule has 4 heteroatoms. The van der Waals surface area contributed by atoms with Crippen molar-refractivity contribution in [3.05, 3.63) is 82.2 Å². The summed E-state index contributed by atoms with van der Waals surface area (Å²) in [6.07, 6.45) is 5.53. The Balaban J connectivity index is 1.77. The minimum Gasteiger partial charge on any atom is -0.422 e. The zero-order valence-corrected chi connectivity index (χ0v) is 21.1. The second-order valence-corrected chi connectivity index (χ2v) is 10.5. The Labute approximate surface area is 201 Å². The van der Waals surface area contributed by atoms with E-state index in [9.17, 15) is 4.79 Å². The quantitative estimate of drug-likeness (QED) is 0.265. The lowest BCUT2D eigenvalue weighted by atomic mass is 9.88. The van der Waals surface area contributed by atoms with E-state index in [2.05, 4.69) is 70.4 Å². The number of fused-ring (bicyclic) bond motifs is 2. The topological polar surface area (TPSA) is 33.5 Å². The number of aryl methyl sites for hydroxylation is 1. The predicted molar refractivity (Wildman–Crippen MR) is 143 cm³/mol. The predicted octanol–water partition coefficient (Wildman–Crippen LogP) is 7.92. The van der Waals surface area contributed by atoms with E-state index >= 15 is 0 Å². The van der Waals surface area contributed by atoms with E-state index in [0.29, 0.717) is 16.1 Å². The van der Waals surface area contributed by atoms with Crippen molar-refractivity contribution >= 4 is 38.9 Å². The molecule has 4 rings (SSSR count). The second-order valence-electron chi connectivity index (χ2n) is 9.33. The Hall–Kier alpha value is -2.72. The number of allylic oxidation sites excluding steroid dienone is 1. The molecule has 33 heavy (non-hydrogen) atoms. The lowest BCUT2D eigenvalue weighted by Gasteiger charge is -2.43. The summed E-state index contributed by atoms with van der Waals surface area (Å²) >= 11 is 1.54. The van der Waals surface area contributed by atoms with Crippen molar-refractivity contribution in [3.8, 4) is 0 Å². The van der Waals surface area contributed by atoms with Crippen LogP contribution in [0.15, 0.2) is 69.2 Å². The molecule has 0 fully saturated rings. The Morgan fingerprint density at radius 3 is 2.64 bits per heavy atom. The van der Waals surface area contributed by atoms with Gasteiger partial charge in [-0.05, 0) is 62.9 Å². The molecule has 3 aromatic rings. The highest BCUT2D eigenvalue weighted by atomic mass is 32.2. The van der Waals surface area contributed by atoms with Gasteiger partial charge in [0.15, 0.2) is 0 Å². The molecule has 2 aromatic carbocycles. The molecule has 0 saturated carbocycles. The van der Waals surface area contributed by atoms with Crippen LogP contribution >= 0.6 is 11.8 Å². The summed E-state index contributed by atoms with van der Waals surface area (Å²) in [6.45, 7) is 16.2. The summed E-state index contributed by atoms with van der Waals surface area (Å²) in [5, 5.41) is 0.928. The maximum atomic E-state index is 13.0. The maximum Gasteiger partial charge on any atom is 0.344 e. The van der Waals surface area contributed by atoms with Crippen LogP contribution in [0.4, 0.5) is 5.69 Å². The van der Waals surface area contributed by atoms with Crippen molar-refractivity contribution in [2.75, 3.05) is 11.4 Å². The van der Waals surface area contributed by atoms with E-state index in [1.165, 1.54) is 28.5 Å². The first kappa shape index (κ1) is 23.4. The number of rotatable bonds is 7. The van der Waals surface area contributed by atoms with Crippen LogP contribution in [-0.2, 0) is 6.42 Å². The van der Waals surface area contributed by atoms with Crippen molar-refractivity contribution in [1.29, 1.82) is 0 Å². The summed E-state index contributed by atoms with van der Waals surface area (Å²) in [4.78, 5) is 17.2. The van der Waals surface area contributed by atoms with Crippen LogP contribution in [0.2, 0.25) is 0 Å². The van der Waals surface area contributed by atoms with E-state index in [1.807, 2.05) is 24.3 Å². The van der Waals surface area contributed by atoms with Gasteiger partial charge in [-0.3, -0.25) is 0 Å². The molecule has 0 aliphatic carbocycles. The molecular weight excluding hydrogens is 426 g/mol. The van der Waals surface area contributed by atoms with E-state index in [-0.39, 0.29) is 11.2 Å². The van der Waals surface area contributed by atoms with Crippen molar-refractivity contribution < 1.29 is 4.42 Å². The highest BCUT2D eigenvalue weighted by Gasteiger charge is 2.31. The molecule has 0 bridgehead atoms. The SMILES string of the molecule is C=C(Sc1ccccc1CC)c1cc2cc3c(cc2oc1=O)N(CCCC)C(C)(C)C=C3C. The number of hydrogen-bond donors (Lipinski definition) is 0. The molecular formula is C29H33NO2S. The first-order valence-corrected chi connectivity index (χ1v) is 12.6. The summed E-state index contributed by atoms with van der Waals surface area (Å²) in [6, 6.07) is 14.4. The van der Waals surface area contributed by atoms with Crippen LogP contribution in [-0.4, -0.2) is 12.1 Å². The van der Waals surface area contributed by atoms with E-state index < -0.39 is 0 Å². The standard InChI is InChI=1S/C29H33NO2S/c1-7-9-14-30-25-17-26-22(15-23(25)19(3)18-29(30,5)6)16-24(28(31)32-26)20(4)33-27-13-11-10-12-21(27)8-2/h10-13,15-18H,4,7-9,14H2,1-3,5-6H3. The first-order valence-electron chi connectivity index (χ1n) is 11.8. The van der Waals surface area contributed by atoms with Crippen LogP contribution in [0, 0.1) is 0 Å². The molecule has 0 radical (unpaired) electrons. The van der Waals surface area contributed by atoms with E-state index in [1.54, 1.807) is 0 Å². The van der Waals surface area contributed by atoms with Gasteiger partial charge in [0.2, 0.25) is 0 Å². The van der Waals surface area contributed by atoms with E-state index in [0.717, 1.165) is 41.8 Å². The van der Waals surface area contributed by atoms with Gasteiger partial charge in [-0.25, -0.2) is 4.79 Å². The number of hydrogen-bond acceptors (Lipinski definition) is 4. The number of unbranched alkanes of at least 4 members (excludes halogenated alkanes) is 1. The fraction of sp³-hybridized carbons (Fsp3) is 0.345. The summed E-state index contributed by atoms with van der Waals surface area (Å²) in [5.74, 6) is 0. The lowest BCUT2D eigenvalue weighted by Crippen LogP contribution is -2.45. The third-order valence-electron chi connectivity index (χ3n) is 6.45. The molecule has 1 aliphatic heterocycles. The molecule has 172 valence electrons. The highest BCUT2D eigenvalue weighted by molar-refractivity contribution is 8.08. The molecule has 1 aliphatic rings. The number of thioether (sulfide) groups is 1. The normalized spacial score (nSPS) is 14.8. The number of anilines is 1. The third kappa shape index (κ3) is 4.54. The van der Waals surface area contributed by atoms with Crippen molar-refractivity contribution in [2.45, 2.75) is 64.3 Å². The monoisotopic (exact) mass is 459 g/mol. The fourth-order valence-corrected chi connectivity index (χ4v) is 5.70. The molecule has 0 spiro atoms. The number of benzene rings is 2. The van der Waals surface area contributed by atoms with Crippen LogP contribution < -0.4 is 10.5 Å². The average molecular weight is 460 g/mol. The Morgan fingerprint density at radius 1 is 1.15 bits per heavy atom. The molecule has 2 heterocycles. The van der Waals surface area contributed by atoms with Crippen LogP contribution in [0.25, 0.3) is 21.4 Å². The summed E-state index contributed by atoms with van der Waals surface area (Å²) in [7, 11) is 0. The smallest absolute Gasteiger partial charge is 0.344 e. The summed E-state index contributed by atoms with van der Waals surface area (Å²) in [5.41, 5.74) is 5.57. The van der Waals surface area contributed by atoms with Crippen molar-refractivity contribution in [3.63, 3.8) is 0 Å². The van der Waals surface area contributed by atoms with Gasteiger partial charge in [-0.15, -0.1) is 0 Å². The van der Waals surface area contributed by atoms with Gasteiger partial charge >= 0.3 is 5.63 Å². The minimum absolute atomic E-state index is 0.0856. The van der Waals surface area contributed by atoms with Crippen LogP contribution in [0.5, 0.6) is 0 Å². The van der Waals surface area contributed by atoms with Gasteiger partial charge in [-0.1, -0.05) is 62.9 Å². The number of nitrogens with zero attached hydrogens (tertiary/aromatic N) is 1. The molecule has 0 N–H and O–H groups in total. The molecule has 0 amide bonds. The zero-order valence-electron chi connectivity index (χ0n) is 20.3. The van der Waals surface area contributed by atoms with Gasteiger partial charge in [0, 0.05) is 39.0 Å². The second kappa shape index (κ2) is 9.26. The highest BCUT2D eigenvalue weighted by Crippen LogP contribution is 2.42. The van der Waals surface area contributed by atoms with E-state index in [4.69, 9.17) is 4.42 Å². The van der Waals surface area contributed by atoms with Crippen LogP contribution in [0.1, 0.15) is 64.2 Å². The maximum absolute atomic E-state index is 13.0. The van der Waals surface area contributed by atoms with Gasteiger partial charge in [-0.2, -0.15) is 0 Å².